The van der Waals surface area contributed by atoms with Gasteiger partial charge in [0.15, 0.2) is 0 Å². The molecule has 0 heterocycles. The van der Waals surface area contributed by atoms with Gasteiger partial charge in [0.1, 0.15) is 6.29 Å². The summed E-state index contributed by atoms with van der Waals surface area (Å²) in [7, 11) is 0. The van der Waals surface area contributed by atoms with Crippen LogP contribution in [0, 0.1) is 0 Å². The lowest BCUT2D eigenvalue weighted by molar-refractivity contribution is -0.107. The molecule has 0 spiro atoms. The number of carbonyl (C=O) groups excluding carboxylic acids is 1. The highest BCUT2D eigenvalue weighted by molar-refractivity contribution is 5.48. The Labute approximate surface area is 61.7 Å². The lowest BCUT2D eigenvalue weighted by Gasteiger charge is -1.79. The van der Waals surface area contributed by atoms with Crippen LogP contribution in [0.2, 0.25) is 0 Å². The second kappa shape index (κ2) is 15.8. The van der Waals surface area contributed by atoms with Gasteiger partial charge in [-0.15, -0.1) is 0 Å². The second-order valence-corrected chi connectivity index (χ2v) is 1.76. The van der Waals surface area contributed by atoms with Gasteiger partial charge in [-0.05, 0) is 6.42 Å². The average Bonchev–Trinajstić information content (AvgIpc) is 2.01. The molecule has 0 saturated carbocycles. The van der Waals surface area contributed by atoms with Gasteiger partial charge in [-0.2, -0.15) is 0 Å². The molecule has 0 aromatic heterocycles. The second-order valence-electron chi connectivity index (χ2n) is 1.76. The van der Waals surface area contributed by atoms with Crippen molar-refractivity contribution in [1.29, 1.82) is 0 Å². The number of rotatable bonds is 4. The van der Waals surface area contributed by atoms with E-state index in [2.05, 4.69) is 6.92 Å². The van der Waals surface area contributed by atoms with Gasteiger partial charge in [0.05, 0.1) is 13.2 Å². The first kappa shape index (κ1) is 12.3. The van der Waals surface area contributed by atoms with E-state index in [1.165, 1.54) is 0 Å². The summed E-state index contributed by atoms with van der Waals surface area (Å²) in [6.45, 7) is 1.82. The van der Waals surface area contributed by atoms with E-state index in [-0.39, 0.29) is 13.2 Å². The van der Waals surface area contributed by atoms with Crippen molar-refractivity contribution in [2.45, 2.75) is 26.2 Å². The fraction of sp³-hybridized carbons (Fsp3) is 0.857. The van der Waals surface area contributed by atoms with Crippen molar-refractivity contribution in [2.24, 2.45) is 0 Å². The summed E-state index contributed by atoms with van der Waals surface area (Å²) in [5, 5.41) is 15.2. The van der Waals surface area contributed by atoms with Crippen LogP contribution < -0.4 is 0 Å². The Morgan fingerprint density at radius 2 is 1.80 bits per heavy atom. The molecule has 0 bridgehead atoms. The number of unbranched alkanes of at least 4 members (excludes halogenated alkanes) is 2. The van der Waals surface area contributed by atoms with Crippen molar-refractivity contribution >= 4 is 6.29 Å². The molecular formula is C7H16O3. The molecule has 3 nitrogen and oxygen atoms in total. The standard InChI is InChI=1S/C5H10O.C2H6O2/c1-2-3-4-5-6;3-1-2-4/h5H,2-4H2,1H3;3-4H,1-2H2. The maximum absolute atomic E-state index is 9.56. The fourth-order valence-corrected chi connectivity index (χ4v) is 0.287. The molecule has 0 unspecified atom stereocenters. The Morgan fingerprint density at radius 1 is 1.30 bits per heavy atom. The molecule has 0 radical (unpaired) electrons. The zero-order valence-electron chi connectivity index (χ0n) is 6.42. The summed E-state index contributed by atoms with van der Waals surface area (Å²) >= 11 is 0. The smallest absolute Gasteiger partial charge is 0.119 e. The zero-order valence-corrected chi connectivity index (χ0v) is 6.42. The molecule has 2 N–H and O–H groups in total. The lowest BCUT2D eigenvalue weighted by Crippen LogP contribution is -1.85. The van der Waals surface area contributed by atoms with Crippen molar-refractivity contribution < 1.29 is 15.0 Å². The van der Waals surface area contributed by atoms with Crippen LogP contribution in [-0.2, 0) is 4.79 Å². The van der Waals surface area contributed by atoms with Gasteiger partial charge in [-0.3, -0.25) is 0 Å². The predicted molar refractivity (Wildman–Crippen MR) is 39.8 cm³/mol. The largest absolute Gasteiger partial charge is 0.394 e. The highest BCUT2D eigenvalue weighted by Gasteiger charge is 1.74. The van der Waals surface area contributed by atoms with E-state index in [4.69, 9.17) is 10.2 Å². The Hall–Kier alpha value is -0.410. The molecule has 0 aromatic carbocycles. The molecule has 0 amide bonds. The van der Waals surface area contributed by atoms with Gasteiger partial charge in [-0.25, -0.2) is 0 Å². The van der Waals surface area contributed by atoms with Gasteiger partial charge >= 0.3 is 0 Å². The SMILES string of the molecule is CCCCC=O.OCCO. The van der Waals surface area contributed by atoms with Crippen molar-refractivity contribution in [2.75, 3.05) is 13.2 Å². The van der Waals surface area contributed by atoms with Crippen molar-refractivity contribution in [3.63, 3.8) is 0 Å². The van der Waals surface area contributed by atoms with Gasteiger partial charge in [-0.1, -0.05) is 13.3 Å². The molecule has 0 rings (SSSR count). The minimum Gasteiger partial charge on any atom is -0.394 e. The molecular weight excluding hydrogens is 132 g/mol. The summed E-state index contributed by atoms with van der Waals surface area (Å²) in [5.41, 5.74) is 0. The summed E-state index contributed by atoms with van der Waals surface area (Å²) in [6.07, 6.45) is 3.86. The Kier molecular flexibility index (Phi) is 19.5. The van der Waals surface area contributed by atoms with Crippen LogP contribution >= 0.6 is 0 Å². The normalized spacial score (nSPS) is 7.90. The van der Waals surface area contributed by atoms with Crippen LogP contribution in [0.1, 0.15) is 26.2 Å². The third-order valence-electron chi connectivity index (χ3n) is 0.776. The van der Waals surface area contributed by atoms with Crippen LogP contribution in [0.3, 0.4) is 0 Å². The Bertz CT molecular complexity index is 52.8. The molecule has 0 atom stereocenters. The van der Waals surface area contributed by atoms with Gasteiger partial charge in [0.25, 0.3) is 0 Å². The van der Waals surface area contributed by atoms with Crippen LogP contribution in [0.25, 0.3) is 0 Å². The first-order valence-electron chi connectivity index (χ1n) is 3.48. The minimum atomic E-state index is -0.125. The van der Waals surface area contributed by atoms with Crippen LogP contribution in [0.5, 0.6) is 0 Å². The van der Waals surface area contributed by atoms with Gasteiger partial charge < -0.3 is 15.0 Å². The Balaban J connectivity index is 0. The molecule has 0 saturated heterocycles. The van der Waals surface area contributed by atoms with Crippen LogP contribution in [-0.4, -0.2) is 29.7 Å². The van der Waals surface area contributed by atoms with E-state index in [0.717, 1.165) is 25.5 Å². The zero-order chi connectivity index (χ0) is 8.24. The summed E-state index contributed by atoms with van der Waals surface area (Å²) in [4.78, 5) is 9.56. The van der Waals surface area contributed by atoms with Crippen molar-refractivity contribution in [3.05, 3.63) is 0 Å². The van der Waals surface area contributed by atoms with Crippen LogP contribution in [0.4, 0.5) is 0 Å². The topological polar surface area (TPSA) is 57.5 Å². The quantitative estimate of drug-likeness (QED) is 0.446. The van der Waals surface area contributed by atoms with Crippen molar-refractivity contribution in [3.8, 4) is 0 Å². The van der Waals surface area contributed by atoms with Gasteiger partial charge in [0.2, 0.25) is 0 Å². The number of aliphatic hydroxyl groups excluding tert-OH is 2. The first-order chi connectivity index (χ1) is 4.83. The van der Waals surface area contributed by atoms with Gasteiger partial charge in [0, 0.05) is 6.42 Å². The van der Waals surface area contributed by atoms with Crippen molar-refractivity contribution in [1.82, 2.24) is 0 Å². The molecule has 0 fully saturated rings. The number of aldehydes is 1. The first-order valence-corrected chi connectivity index (χ1v) is 3.48. The number of aliphatic hydroxyl groups is 2. The predicted octanol–water partition coefficient (Wildman–Crippen LogP) is 0.347. The Morgan fingerprint density at radius 3 is 1.90 bits per heavy atom. The van der Waals surface area contributed by atoms with E-state index in [9.17, 15) is 4.79 Å². The summed E-state index contributed by atoms with van der Waals surface area (Å²) in [6, 6.07) is 0. The van der Waals surface area contributed by atoms with E-state index in [1.807, 2.05) is 0 Å². The average molecular weight is 148 g/mol. The lowest BCUT2D eigenvalue weighted by atomic mass is 10.3. The molecule has 0 aliphatic heterocycles. The molecule has 0 aliphatic carbocycles. The van der Waals surface area contributed by atoms with Crippen LogP contribution in [0.15, 0.2) is 0 Å². The van der Waals surface area contributed by atoms with E-state index in [1.54, 1.807) is 0 Å². The maximum atomic E-state index is 9.56. The van der Waals surface area contributed by atoms with E-state index >= 15 is 0 Å². The third-order valence-corrected chi connectivity index (χ3v) is 0.776. The molecule has 0 aliphatic rings. The number of hydrogen-bond donors (Lipinski definition) is 2. The number of carbonyl (C=O) groups is 1. The molecule has 3 heteroatoms. The highest BCUT2D eigenvalue weighted by Crippen LogP contribution is 1.87. The molecule has 0 aromatic rings. The molecule has 10 heavy (non-hydrogen) atoms. The monoisotopic (exact) mass is 148 g/mol. The summed E-state index contributed by atoms with van der Waals surface area (Å²) < 4.78 is 0. The molecule has 62 valence electrons. The van der Waals surface area contributed by atoms with E-state index in [0.29, 0.717) is 0 Å². The third kappa shape index (κ3) is 25.6. The summed E-state index contributed by atoms with van der Waals surface area (Å²) in [5.74, 6) is 0. The highest BCUT2D eigenvalue weighted by atomic mass is 16.3. The maximum Gasteiger partial charge on any atom is 0.119 e. The van der Waals surface area contributed by atoms with E-state index < -0.39 is 0 Å². The fourth-order valence-electron chi connectivity index (χ4n) is 0.287. The minimum absolute atomic E-state index is 0.125. The number of hydrogen-bond acceptors (Lipinski definition) is 3.